The van der Waals surface area contributed by atoms with Gasteiger partial charge in [0.2, 0.25) is 0 Å². The van der Waals surface area contributed by atoms with Crippen LogP contribution >= 0.6 is 23.2 Å². The van der Waals surface area contributed by atoms with Gasteiger partial charge in [0, 0.05) is 12.1 Å². The van der Waals surface area contributed by atoms with Crippen molar-refractivity contribution >= 4 is 23.2 Å². The van der Waals surface area contributed by atoms with Gasteiger partial charge in [-0.25, -0.2) is 0 Å². The first-order chi connectivity index (χ1) is 13.1. The molecule has 0 fully saturated rings. The number of hydrogen-bond acceptors (Lipinski definition) is 4. The molecule has 3 rings (SSSR count). The van der Waals surface area contributed by atoms with Crippen molar-refractivity contribution in [3.8, 4) is 23.0 Å². The second-order valence-corrected chi connectivity index (χ2v) is 6.60. The fraction of sp³-hybridized carbons (Fsp3) is 0.143. The molecular weight excluding hydrogens is 387 g/mol. The Morgan fingerprint density at radius 1 is 0.778 bits per heavy atom. The normalized spacial score (nSPS) is 10.5. The first-order valence-corrected chi connectivity index (χ1v) is 8.97. The van der Waals surface area contributed by atoms with Crippen molar-refractivity contribution in [2.75, 3.05) is 7.11 Å². The maximum Gasteiger partial charge on any atom is 0.162 e. The van der Waals surface area contributed by atoms with Crippen LogP contribution in [0.1, 0.15) is 11.1 Å². The molecule has 3 aromatic rings. The SMILES string of the molecule is COc1ccc(COc2c(Cl)cc(O)cc2Cl)cc1OCc1ccccc1. The van der Waals surface area contributed by atoms with Crippen LogP contribution in [-0.4, -0.2) is 12.2 Å². The number of rotatable bonds is 7. The van der Waals surface area contributed by atoms with Gasteiger partial charge in [-0.2, -0.15) is 0 Å². The Hall–Kier alpha value is -2.56. The summed E-state index contributed by atoms with van der Waals surface area (Å²) in [6.07, 6.45) is 0. The number of ether oxygens (including phenoxy) is 3. The zero-order chi connectivity index (χ0) is 19.2. The third-order valence-corrected chi connectivity index (χ3v) is 4.39. The minimum absolute atomic E-state index is 0.0154. The lowest BCUT2D eigenvalue weighted by atomic mass is 10.2. The van der Waals surface area contributed by atoms with E-state index in [1.54, 1.807) is 7.11 Å². The summed E-state index contributed by atoms with van der Waals surface area (Å²) in [6, 6.07) is 18.2. The summed E-state index contributed by atoms with van der Waals surface area (Å²) in [6.45, 7) is 0.660. The molecule has 0 aliphatic rings. The molecule has 6 heteroatoms. The predicted molar refractivity (Wildman–Crippen MR) is 106 cm³/mol. The third kappa shape index (κ3) is 5.00. The second-order valence-electron chi connectivity index (χ2n) is 5.79. The molecule has 0 aliphatic heterocycles. The summed E-state index contributed by atoms with van der Waals surface area (Å²) in [4.78, 5) is 0. The number of aromatic hydroxyl groups is 1. The van der Waals surface area contributed by atoms with E-state index in [1.165, 1.54) is 12.1 Å². The van der Waals surface area contributed by atoms with Crippen LogP contribution in [0.5, 0.6) is 23.0 Å². The van der Waals surface area contributed by atoms with Crippen LogP contribution in [0.4, 0.5) is 0 Å². The van der Waals surface area contributed by atoms with Gasteiger partial charge in [0.05, 0.1) is 17.2 Å². The average molecular weight is 405 g/mol. The monoisotopic (exact) mass is 404 g/mol. The van der Waals surface area contributed by atoms with Crippen LogP contribution in [-0.2, 0) is 13.2 Å². The van der Waals surface area contributed by atoms with E-state index in [-0.39, 0.29) is 22.4 Å². The maximum absolute atomic E-state index is 9.50. The first kappa shape index (κ1) is 19.2. The molecule has 0 aromatic heterocycles. The Bertz CT molecular complexity index is 890. The van der Waals surface area contributed by atoms with Gasteiger partial charge >= 0.3 is 0 Å². The van der Waals surface area contributed by atoms with Crippen molar-refractivity contribution < 1.29 is 19.3 Å². The standard InChI is InChI=1S/C21H18Cl2O4/c1-25-19-8-7-15(9-20(19)26-12-14-5-3-2-4-6-14)13-27-21-17(22)10-16(24)11-18(21)23/h2-11,24H,12-13H2,1H3. The largest absolute Gasteiger partial charge is 0.508 e. The average Bonchev–Trinajstić information content (AvgIpc) is 2.66. The number of halogens is 2. The quantitative estimate of drug-likeness (QED) is 0.535. The fourth-order valence-electron chi connectivity index (χ4n) is 2.50. The van der Waals surface area contributed by atoms with E-state index >= 15 is 0 Å². The second kappa shape index (κ2) is 8.89. The van der Waals surface area contributed by atoms with E-state index in [2.05, 4.69) is 0 Å². The van der Waals surface area contributed by atoms with Crippen molar-refractivity contribution in [2.45, 2.75) is 13.2 Å². The highest BCUT2D eigenvalue weighted by Crippen LogP contribution is 2.37. The molecule has 0 bridgehead atoms. The molecule has 27 heavy (non-hydrogen) atoms. The van der Waals surface area contributed by atoms with Crippen LogP contribution in [0.25, 0.3) is 0 Å². The van der Waals surface area contributed by atoms with E-state index < -0.39 is 0 Å². The van der Waals surface area contributed by atoms with Crippen LogP contribution in [0.15, 0.2) is 60.7 Å². The molecule has 0 spiro atoms. The smallest absolute Gasteiger partial charge is 0.162 e. The Morgan fingerprint density at radius 3 is 2.11 bits per heavy atom. The Balaban J connectivity index is 1.73. The highest BCUT2D eigenvalue weighted by Gasteiger charge is 2.11. The minimum Gasteiger partial charge on any atom is -0.508 e. The highest BCUT2D eigenvalue weighted by molar-refractivity contribution is 6.37. The molecule has 140 valence electrons. The molecule has 1 N–H and O–H groups in total. The lowest BCUT2D eigenvalue weighted by Gasteiger charge is -2.14. The Labute approximate surface area is 167 Å². The lowest BCUT2D eigenvalue weighted by Crippen LogP contribution is -2.01. The summed E-state index contributed by atoms with van der Waals surface area (Å²) >= 11 is 12.2. The molecule has 4 nitrogen and oxygen atoms in total. The fourth-order valence-corrected chi connectivity index (χ4v) is 3.08. The molecule has 0 saturated heterocycles. The summed E-state index contributed by atoms with van der Waals surface area (Å²) in [5.41, 5.74) is 1.92. The van der Waals surface area contributed by atoms with E-state index in [9.17, 15) is 5.11 Å². The molecule has 0 aliphatic carbocycles. The maximum atomic E-state index is 9.50. The van der Waals surface area contributed by atoms with Crippen LogP contribution < -0.4 is 14.2 Å². The molecule has 0 amide bonds. The first-order valence-electron chi connectivity index (χ1n) is 8.21. The van der Waals surface area contributed by atoms with E-state index in [1.807, 2.05) is 48.5 Å². The lowest BCUT2D eigenvalue weighted by molar-refractivity contribution is 0.280. The predicted octanol–water partition coefficient (Wildman–Crippen LogP) is 5.87. The van der Waals surface area contributed by atoms with Crippen molar-refractivity contribution in [3.05, 3.63) is 81.8 Å². The third-order valence-electron chi connectivity index (χ3n) is 3.83. The zero-order valence-corrected chi connectivity index (χ0v) is 16.1. The number of methoxy groups -OCH3 is 1. The van der Waals surface area contributed by atoms with Crippen LogP contribution in [0.3, 0.4) is 0 Å². The van der Waals surface area contributed by atoms with Gasteiger partial charge in [-0.05, 0) is 23.3 Å². The molecule has 0 heterocycles. The molecule has 0 radical (unpaired) electrons. The molecule has 0 unspecified atom stereocenters. The molecule has 0 atom stereocenters. The van der Waals surface area contributed by atoms with Gasteiger partial charge in [0.15, 0.2) is 17.2 Å². The van der Waals surface area contributed by atoms with Crippen molar-refractivity contribution in [2.24, 2.45) is 0 Å². The van der Waals surface area contributed by atoms with Gasteiger partial charge in [0.25, 0.3) is 0 Å². The van der Waals surface area contributed by atoms with Gasteiger partial charge in [-0.1, -0.05) is 59.6 Å². The number of hydrogen-bond donors (Lipinski definition) is 1. The van der Waals surface area contributed by atoms with Crippen LogP contribution in [0.2, 0.25) is 10.0 Å². The van der Waals surface area contributed by atoms with Crippen molar-refractivity contribution in [1.82, 2.24) is 0 Å². The van der Waals surface area contributed by atoms with E-state index in [4.69, 9.17) is 37.4 Å². The summed E-state index contributed by atoms with van der Waals surface area (Å²) in [7, 11) is 1.59. The Morgan fingerprint density at radius 2 is 1.44 bits per heavy atom. The summed E-state index contributed by atoms with van der Waals surface area (Å²) in [5, 5.41) is 9.98. The number of benzene rings is 3. The molecule has 0 saturated carbocycles. The topological polar surface area (TPSA) is 47.9 Å². The molecule has 3 aromatic carbocycles. The van der Waals surface area contributed by atoms with E-state index in [0.717, 1.165) is 11.1 Å². The van der Waals surface area contributed by atoms with Gasteiger partial charge < -0.3 is 19.3 Å². The van der Waals surface area contributed by atoms with Gasteiger partial charge in [0.1, 0.15) is 19.0 Å². The summed E-state index contributed by atoms with van der Waals surface area (Å²) in [5.74, 6) is 1.55. The highest BCUT2D eigenvalue weighted by atomic mass is 35.5. The van der Waals surface area contributed by atoms with Gasteiger partial charge in [-0.3, -0.25) is 0 Å². The number of phenols is 1. The zero-order valence-electron chi connectivity index (χ0n) is 14.6. The minimum atomic E-state index is -0.0154. The molecular formula is C21H18Cl2O4. The van der Waals surface area contributed by atoms with Crippen molar-refractivity contribution in [1.29, 1.82) is 0 Å². The summed E-state index contributed by atoms with van der Waals surface area (Å²) < 4.78 is 17.0. The Kier molecular flexibility index (Phi) is 6.32. The van der Waals surface area contributed by atoms with Gasteiger partial charge in [-0.15, -0.1) is 0 Å². The number of phenolic OH excluding ortho intramolecular Hbond substituents is 1. The van der Waals surface area contributed by atoms with E-state index in [0.29, 0.717) is 23.9 Å². The van der Waals surface area contributed by atoms with Crippen molar-refractivity contribution in [3.63, 3.8) is 0 Å². The van der Waals surface area contributed by atoms with Crippen LogP contribution in [0, 0.1) is 0 Å².